The summed E-state index contributed by atoms with van der Waals surface area (Å²) < 4.78 is 75.0. The molecular formula is C24H24F3N3O4S2. The summed E-state index contributed by atoms with van der Waals surface area (Å²) in [5, 5.41) is 0.374. The molecule has 1 aromatic heterocycles. The lowest BCUT2D eigenvalue weighted by Gasteiger charge is -2.33. The Hall–Kier alpha value is -2.54. The number of halogens is 3. The number of nitrogens with zero attached hydrogens (tertiary/aromatic N) is 3. The highest BCUT2D eigenvalue weighted by Gasteiger charge is 2.37. The third-order valence-electron chi connectivity index (χ3n) is 6.58. The molecule has 7 nitrogen and oxygen atoms in total. The van der Waals surface area contributed by atoms with Gasteiger partial charge in [0.25, 0.3) is 0 Å². The second-order valence-electron chi connectivity index (χ2n) is 8.92. The van der Waals surface area contributed by atoms with E-state index in [-0.39, 0.29) is 50.0 Å². The van der Waals surface area contributed by atoms with E-state index in [1.54, 1.807) is 12.1 Å². The summed E-state index contributed by atoms with van der Waals surface area (Å²) in [7, 11) is -4.18. The van der Waals surface area contributed by atoms with E-state index in [0.717, 1.165) is 29.3 Å². The summed E-state index contributed by atoms with van der Waals surface area (Å²) in [4.78, 5) is 19.0. The lowest BCUT2D eigenvalue weighted by Crippen LogP contribution is -2.46. The second kappa shape index (κ2) is 10.1. The maximum Gasteiger partial charge on any atom is 0.245 e. The SMILES string of the molecule is O=C(C1CCN(S(=O)(=O)c2ccc(F)cc2F)CC1)N(CC1CCCO1)c1nc2c(F)cccc2s1. The number of sulfonamides is 1. The third-order valence-corrected chi connectivity index (χ3v) is 9.56. The second-order valence-corrected chi connectivity index (χ2v) is 11.8. The van der Waals surface area contributed by atoms with Gasteiger partial charge in [0, 0.05) is 31.7 Å². The van der Waals surface area contributed by atoms with Crippen LogP contribution in [0.3, 0.4) is 0 Å². The van der Waals surface area contributed by atoms with Gasteiger partial charge in [-0.15, -0.1) is 0 Å². The molecule has 3 aromatic rings. The maximum atomic E-state index is 14.3. The minimum absolute atomic E-state index is 0.0117. The van der Waals surface area contributed by atoms with Gasteiger partial charge in [-0.3, -0.25) is 9.69 Å². The van der Waals surface area contributed by atoms with Gasteiger partial charge >= 0.3 is 0 Å². The maximum absolute atomic E-state index is 14.3. The van der Waals surface area contributed by atoms with Gasteiger partial charge in [-0.25, -0.2) is 26.6 Å². The Labute approximate surface area is 210 Å². The van der Waals surface area contributed by atoms with Crippen LogP contribution in [0.15, 0.2) is 41.3 Å². The van der Waals surface area contributed by atoms with Crippen LogP contribution in [-0.2, 0) is 19.6 Å². The number of hydrogen-bond donors (Lipinski definition) is 0. The van der Waals surface area contributed by atoms with E-state index >= 15 is 0 Å². The molecule has 2 saturated heterocycles. The largest absolute Gasteiger partial charge is 0.376 e. The quantitative estimate of drug-likeness (QED) is 0.466. The van der Waals surface area contributed by atoms with E-state index in [0.29, 0.717) is 22.5 Å². The van der Waals surface area contributed by atoms with Crippen LogP contribution in [0, 0.1) is 23.4 Å². The van der Waals surface area contributed by atoms with Gasteiger partial charge in [-0.05, 0) is 49.9 Å². The van der Waals surface area contributed by atoms with Gasteiger partial charge in [-0.1, -0.05) is 17.4 Å². The molecule has 1 unspecified atom stereocenters. The van der Waals surface area contributed by atoms with Crippen molar-refractivity contribution < 1.29 is 31.1 Å². The molecule has 0 aliphatic carbocycles. The summed E-state index contributed by atoms with van der Waals surface area (Å²) in [5.74, 6) is -3.20. The first-order valence-corrected chi connectivity index (χ1v) is 13.9. The fourth-order valence-electron chi connectivity index (χ4n) is 4.66. The number of anilines is 1. The smallest absolute Gasteiger partial charge is 0.245 e. The molecule has 12 heteroatoms. The molecule has 1 amide bonds. The van der Waals surface area contributed by atoms with Crippen molar-refractivity contribution in [3.63, 3.8) is 0 Å². The average Bonchev–Trinajstić information content (AvgIpc) is 3.52. The molecular weight excluding hydrogens is 515 g/mol. The molecule has 36 heavy (non-hydrogen) atoms. The van der Waals surface area contributed by atoms with Gasteiger partial charge in [0.1, 0.15) is 27.9 Å². The predicted octanol–water partition coefficient (Wildman–Crippen LogP) is 4.33. The number of rotatable bonds is 6. The van der Waals surface area contributed by atoms with Crippen molar-refractivity contribution in [2.45, 2.75) is 36.7 Å². The van der Waals surface area contributed by atoms with E-state index < -0.39 is 38.3 Å². The molecule has 0 saturated carbocycles. The first-order chi connectivity index (χ1) is 17.2. The van der Waals surface area contributed by atoms with Crippen LogP contribution in [0.4, 0.5) is 18.3 Å². The number of fused-ring (bicyclic) bond motifs is 1. The van der Waals surface area contributed by atoms with Crippen LogP contribution in [-0.4, -0.2) is 56.0 Å². The van der Waals surface area contributed by atoms with Crippen LogP contribution in [0.25, 0.3) is 10.2 Å². The predicted molar refractivity (Wildman–Crippen MR) is 129 cm³/mol. The van der Waals surface area contributed by atoms with Crippen molar-refractivity contribution in [2.24, 2.45) is 5.92 Å². The molecule has 5 rings (SSSR count). The number of carbonyl (C=O) groups excluding carboxylic acids is 1. The highest BCUT2D eigenvalue weighted by Crippen LogP contribution is 2.34. The van der Waals surface area contributed by atoms with Gasteiger partial charge in [-0.2, -0.15) is 4.31 Å². The van der Waals surface area contributed by atoms with E-state index in [1.807, 2.05) is 0 Å². The van der Waals surface area contributed by atoms with E-state index in [9.17, 15) is 26.4 Å². The number of ether oxygens (including phenoxy) is 1. The number of aromatic nitrogens is 1. The van der Waals surface area contributed by atoms with E-state index in [1.165, 1.54) is 22.3 Å². The minimum Gasteiger partial charge on any atom is -0.376 e. The number of carbonyl (C=O) groups is 1. The van der Waals surface area contributed by atoms with Crippen LogP contribution in [0.5, 0.6) is 0 Å². The van der Waals surface area contributed by atoms with Crippen molar-refractivity contribution in [2.75, 3.05) is 31.1 Å². The molecule has 2 fully saturated rings. The standard InChI is InChI=1S/C24H24F3N3O4S2/c25-16-6-7-21(19(27)13-16)36(32,33)29-10-8-15(9-11-29)23(31)30(14-17-3-2-12-34-17)24-28-22-18(26)4-1-5-20(22)35-24/h1,4-7,13,15,17H,2-3,8-12,14H2. The number of hydrogen-bond acceptors (Lipinski definition) is 6. The lowest BCUT2D eigenvalue weighted by atomic mass is 9.96. The van der Waals surface area contributed by atoms with Crippen LogP contribution in [0.2, 0.25) is 0 Å². The number of thiazole rings is 1. The van der Waals surface area contributed by atoms with Crippen molar-refractivity contribution in [3.8, 4) is 0 Å². The molecule has 0 N–H and O–H groups in total. The van der Waals surface area contributed by atoms with Gasteiger partial charge < -0.3 is 4.74 Å². The van der Waals surface area contributed by atoms with E-state index in [2.05, 4.69) is 4.98 Å². The zero-order valence-electron chi connectivity index (χ0n) is 19.2. The first-order valence-electron chi connectivity index (χ1n) is 11.7. The molecule has 2 aliphatic heterocycles. The Morgan fingerprint density at radius 3 is 2.56 bits per heavy atom. The molecule has 2 aromatic carbocycles. The Bertz CT molecular complexity index is 1380. The molecule has 1 atom stereocenters. The Morgan fingerprint density at radius 2 is 1.89 bits per heavy atom. The molecule has 0 radical (unpaired) electrons. The number of amides is 1. The van der Waals surface area contributed by atoms with Gasteiger partial charge in [0.2, 0.25) is 15.9 Å². The fraction of sp³-hybridized carbons (Fsp3) is 0.417. The molecule has 0 spiro atoms. The zero-order chi connectivity index (χ0) is 25.4. The zero-order valence-corrected chi connectivity index (χ0v) is 20.8. The van der Waals surface area contributed by atoms with Gasteiger partial charge in [0.05, 0.1) is 17.3 Å². The van der Waals surface area contributed by atoms with Crippen molar-refractivity contribution in [1.82, 2.24) is 9.29 Å². The average molecular weight is 540 g/mol. The van der Waals surface area contributed by atoms with Crippen molar-refractivity contribution in [3.05, 3.63) is 53.8 Å². The topological polar surface area (TPSA) is 79.8 Å². The summed E-state index contributed by atoms with van der Waals surface area (Å²) >= 11 is 1.22. The van der Waals surface area contributed by atoms with Crippen LogP contribution in [0.1, 0.15) is 25.7 Å². The van der Waals surface area contributed by atoms with Crippen molar-refractivity contribution >= 4 is 42.6 Å². The first kappa shape index (κ1) is 25.1. The lowest BCUT2D eigenvalue weighted by molar-refractivity contribution is -0.123. The third kappa shape index (κ3) is 4.86. The Balaban J connectivity index is 1.35. The number of benzene rings is 2. The normalized spacial score (nSPS) is 19.7. The molecule has 3 heterocycles. The minimum atomic E-state index is -4.18. The summed E-state index contributed by atoms with van der Waals surface area (Å²) in [6.45, 7) is 0.909. The molecule has 2 aliphatic rings. The van der Waals surface area contributed by atoms with Gasteiger partial charge in [0.15, 0.2) is 5.13 Å². The van der Waals surface area contributed by atoms with Crippen LogP contribution >= 0.6 is 11.3 Å². The molecule has 192 valence electrons. The monoisotopic (exact) mass is 539 g/mol. The summed E-state index contributed by atoms with van der Waals surface area (Å²) in [6, 6.07) is 6.99. The highest BCUT2D eigenvalue weighted by atomic mass is 32.2. The van der Waals surface area contributed by atoms with E-state index in [4.69, 9.17) is 4.74 Å². The Kier molecular flexibility index (Phi) is 7.03. The Morgan fingerprint density at radius 1 is 1.11 bits per heavy atom. The summed E-state index contributed by atoms with van der Waals surface area (Å²) in [6.07, 6.45) is 1.97. The summed E-state index contributed by atoms with van der Waals surface area (Å²) in [5.41, 5.74) is 0.199. The molecule has 0 bridgehead atoms. The van der Waals surface area contributed by atoms with Crippen molar-refractivity contribution in [1.29, 1.82) is 0 Å². The fourth-order valence-corrected chi connectivity index (χ4v) is 7.17. The number of para-hydroxylation sites is 1. The van der Waals surface area contributed by atoms with Crippen LogP contribution < -0.4 is 4.90 Å². The number of piperidine rings is 1. The highest BCUT2D eigenvalue weighted by molar-refractivity contribution is 7.89.